The molecular formula is C12H22O4. The van der Waals surface area contributed by atoms with E-state index in [1.807, 2.05) is 13.8 Å². The maximum absolute atomic E-state index is 5.95. The summed E-state index contributed by atoms with van der Waals surface area (Å²) >= 11 is 0. The fourth-order valence-corrected chi connectivity index (χ4v) is 2.49. The number of methoxy groups -OCH3 is 1. The van der Waals surface area contributed by atoms with Crippen molar-refractivity contribution in [1.29, 1.82) is 0 Å². The van der Waals surface area contributed by atoms with Gasteiger partial charge in [0.1, 0.15) is 6.10 Å². The molecule has 0 radical (unpaired) electrons. The summed E-state index contributed by atoms with van der Waals surface area (Å²) in [5, 5.41) is 0. The van der Waals surface area contributed by atoms with Crippen molar-refractivity contribution in [2.45, 2.75) is 52.0 Å². The van der Waals surface area contributed by atoms with Crippen molar-refractivity contribution < 1.29 is 18.9 Å². The number of hydrogen-bond donors (Lipinski definition) is 0. The predicted molar refractivity (Wildman–Crippen MR) is 58.9 cm³/mol. The molecule has 0 aromatic carbocycles. The monoisotopic (exact) mass is 230 g/mol. The molecule has 2 rings (SSSR count). The molecule has 0 aromatic rings. The molecule has 94 valence electrons. The van der Waals surface area contributed by atoms with E-state index in [1.165, 1.54) is 0 Å². The second-order valence-electron chi connectivity index (χ2n) is 5.29. The van der Waals surface area contributed by atoms with Gasteiger partial charge in [-0.05, 0) is 19.8 Å². The molecule has 0 amide bonds. The van der Waals surface area contributed by atoms with E-state index in [4.69, 9.17) is 18.9 Å². The van der Waals surface area contributed by atoms with E-state index in [0.717, 1.165) is 0 Å². The summed E-state index contributed by atoms with van der Waals surface area (Å²) in [5.74, 6) is 0.241. The molecule has 2 aliphatic heterocycles. The van der Waals surface area contributed by atoms with Gasteiger partial charge in [0.05, 0.1) is 12.7 Å². The van der Waals surface area contributed by atoms with Crippen molar-refractivity contribution >= 4 is 0 Å². The predicted octanol–water partition coefficient (Wildman–Crippen LogP) is 1.78. The Morgan fingerprint density at radius 2 is 1.88 bits per heavy atom. The van der Waals surface area contributed by atoms with Crippen molar-refractivity contribution in [3.05, 3.63) is 0 Å². The first-order valence-electron chi connectivity index (χ1n) is 5.94. The Balaban J connectivity index is 2.11. The summed E-state index contributed by atoms with van der Waals surface area (Å²) in [4.78, 5) is 0. The van der Waals surface area contributed by atoms with Gasteiger partial charge in [-0.1, -0.05) is 13.8 Å². The van der Waals surface area contributed by atoms with Crippen LogP contribution in [0.2, 0.25) is 0 Å². The maximum Gasteiger partial charge on any atom is 0.163 e. The topological polar surface area (TPSA) is 36.9 Å². The smallest absolute Gasteiger partial charge is 0.163 e. The van der Waals surface area contributed by atoms with E-state index in [0.29, 0.717) is 18.4 Å². The summed E-state index contributed by atoms with van der Waals surface area (Å²) in [6.07, 6.45) is -0.0565. The van der Waals surface area contributed by atoms with E-state index in [1.54, 1.807) is 7.11 Å². The van der Waals surface area contributed by atoms with E-state index in [9.17, 15) is 0 Å². The van der Waals surface area contributed by atoms with Gasteiger partial charge in [0.2, 0.25) is 0 Å². The van der Waals surface area contributed by atoms with Crippen LogP contribution in [0.1, 0.15) is 27.7 Å². The lowest BCUT2D eigenvalue weighted by molar-refractivity contribution is -0.365. The third kappa shape index (κ3) is 2.12. The van der Waals surface area contributed by atoms with Crippen molar-refractivity contribution in [3.63, 3.8) is 0 Å². The summed E-state index contributed by atoms with van der Waals surface area (Å²) in [6, 6.07) is 0. The highest BCUT2D eigenvalue weighted by molar-refractivity contribution is 4.89. The first-order chi connectivity index (χ1) is 7.44. The van der Waals surface area contributed by atoms with Gasteiger partial charge in [-0.15, -0.1) is 0 Å². The third-order valence-corrected chi connectivity index (χ3v) is 3.70. The average Bonchev–Trinajstić information content (AvgIpc) is 2.23. The fraction of sp³-hybridized carbons (Fsp3) is 1.00. The van der Waals surface area contributed by atoms with Crippen LogP contribution < -0.4 is 0 Å². The van der Waals surface area contributed by atoms with E-state index < -0.39 is 5.79 Å². The average molecular weight is 230 g/mol. The van der Waals surface area contributed by atoms with Gasteiger partial charge in [0.15, 0.2) is 12.1 Å². The van der Waals surface area contributed by atoms with Crippen molar-refractivity contribution in [2.75, 3.05) is 13.7 Å². The Morgan fingerprint density at radius 3 is 2.50 bits per heavy atom. The van der Waals surface area contributed by atoms with Gasteiger partial charge in [-0.2, -0.15) is 0 Å². The molecule has 0 aliphatic carbocycles. The minimum Gasteiger partial charge on any atom is -0.356 e. The summed E-state index contributed by atoms with van der Waals surface area (Å²) < 4.78 is 22.7. The Kier molecular flexibility index (Phi) is 3.27. The highest BCUT2D eigenvalue weighted by atomic mass is 16.8. The number of ether oxygens (including phenoxy) is 4. The standard InChI is InChI=1S/C12H22O4/c1-7-8(2)11(13-5)15-9-6-14-12(3,4)16-10(7)9/h7-11H,6H2,1-5H3. The molecule has 0 aromatic heterocycles. The van der Waals surface area contributed by atoms with Gasteiger partial charge in [0.25, 0.3) is 0 Å². The fourth-order valence-electron chi connectivity index (χ4n) is 2.49. The van der Waals surface area contributed by atoms with Crippen molar-refractivity contribution in [1.82, 2.24) is 0 Å². The minimum atomic E-state index is -0.502. The SMILES string of the molecule is COC1OC2COC(C)(C)OC2C(C)C1C. The van der Waals surface area contributed by atoms with Gasteiger partial charge in [-0.3, -0.25) is 0 Å². The Bertz CT molecular complexity index is 251. The zero-order chi connectivity index (χ0) is 11.9. The quantitative estimate of drug-likeness (QED) is 0.688. The second-order valence-corrected chi connectivity index (χ2v) is 5.29. The molecule has 5 unspecified atom stereocenters. The van der Waals surface area contributed by atoms with Gasteiger partial charge >= 0.3 is 0 Å². The van der Waals surface area contributed by atoms with Crippen molar-refractivity contribution in [3.8, 4) is 0 Å². The van der Waals surface area contributed by atoms with E-state index >= 15 is 0 Å². The van der Waals surface area contributed by atoms with Crippen LogP contribution in [0.5, 0.6) is 0 Å². The largest absolute Gasteiger partial charge is 0.356 e. The minimum absolute atomic E-state index is 0.0100. The van der Waals surface area contributed by atoms with Crippen LogP contribution in [0.15, 0.2) is 0 Å². The number of rotatable bonds is 1. The van der Waals surface area contributed by atoms with Gasteiger partial charge < -0.3 is 18.9 Å². The molecule has 5 atom stereocenters. The van der Waals surface area contributed by atoms with Crippen molar-refractivity contribution in [2.24, 2.45) is 11.8 Å². The highest BCUT2D eigenvalue weighted by Gasteiger charge is 2.47. The summed E-state index contributed by atoms with van der Waals surface area (Å²) in [6.45, 7) is 8.81. The molecule has 0 spiro atoms. The maximum atomic E-state index is 5.95. The van der Waals surface area contributed by atoms with Crippen LogP contribution in [0, 0.1) is 11.8 Å². The van der Waals surface area contributed by atoms with E-state index in [2.05, 4.69) is 13.8 Å². The van der Waals surface area contributed by atoms with Gasteiger partial charge in [-0.25, -0.2) is 0 Å². The molecule has 16 heavy (non-hydrogen) atoms. The molecule has 0 bridgehead atoms. The highest BCUT2D eigenvalue weighted by Crippen LogP contribution is 2.38. The van der Waals surface area contributed by atoms with Crippen LogP contribution in [0.25, 0.3) is 0 Å². The molecule has 4 heteroatoms. The zero-order valence-electron chi connectivity index (χ0n) is 10.7. The van der Waals surface area contributed by atoms with Gasteiger partial charge in [0, 0.05) is 13.0 Å². The first kappa shape index (κ1) is 12.3. The zero-order valence-corrected chi connectivity index (χ0v) is 10.7. The normalized spacial score (nSPS) is 47.4. The number of hydrogen-bond acceptors (Lipinski definition) is 4. The molecular weight excluding hydrogens is 208 g/mol. The van der Waals surface area contributed by atoms with Crippen LogP contribution in [0.4, 0.5) is 0 Å². The van der Waals surface area contributed by atoms with E-state index in [-0.39, 0.29) is 18.5 Å². The molecule has 4 nitrogen and oxygen atoms in total. The van der Waals surface area contributed by atoms with Crippen LogP contribution in [-0.4, -0.2) is 38.0 Å². The second kappa shape index (κ2) is 4.26. The summed E-state index contributed by atoms with van der Waals surface area (Å²) in [5.41, 5.74) is 0. The first-order valence-corrected chi connectivity index (χ1v) is 5.94. The van der Waals surface area contributed by atoms with Crippen LogP contribution >= 0.6 is 0 Å². The third-order valence-electron chi connectivity index (χ3n) is 3.70. The van der Waals surface area contributed by atoms with Crippen LogP contribution in [0.3, 0.4) is 0 Å². The van der Waals surface area contributed by atoms with Crippen LogP contribution in [-0.2, 0) is 18.9 Å². The lowest BCUT2D eigenvalue weighted by Crippen LogP contribution is -2.59. The molecule has 2 fully saturated rings. The Morgan fingerprint density at radius 1 is 1.19 bits per heavy atom. The molecule has 2 aliphatic rings. The number of fused-ring (bicyclic) bond motifs is 1. The molecule has 0 saturated carbocycles. The molecule has 0 N–H and O–H groups in total. The molecule has 2 saturated heterocycles. The lowest BCUT2D eigenvalue weighted by Gasteiger charge is -2.49. The lowest BCUT2D eigenvalue weighted by atomic mass is 9.84. The Hall–Kier alpha value is -0.160. The molecule has 2 heterocycles. The Labute approximate surface area is 97.2 Å². The summed E-state index contributed by atoms with van der Waals surface area (Å²) in [7, 11) is 1.68.